The van der Waals surface area contributed by atoms with E-state index in [1.54, 1.807) is 6.08 Å². The lowest BCUT2D eigenvalue weighted by atomic mass is 10.1. The van der Waals surface area contributed by atoms with Gasteiger partial charge in [0, 0.05) is 5.56 Å². The zero-order chi connectivity index (χ0) is 10.5. The van der Waals surface area contributed by atoms with Gasteiger partial charge in [0.1, 0.15) is 0 Å². The predicted molar refractivity (Wildman–Crippen MR) is 55.7 cm³/mol. The summed E-state index contributed by atoms with van der Waals surface area (Å²) in [5, 5.41) is 22.2. The number of aliphatic hydroxyl groups is 1. The van der Waals surface area contributed by atoms with Gasteiger partial charge in [-0.05, 0) is 22.1 Å². The van der Waals surface area contributed by atoms with Crippen molar-refractivity contribution in [3.8, 4) is 11.4 Å². The number of H-pyrrole nitrogens is 1. The van der Waals surface area contributed by atoms with Gasteiger partial charge in [0.2, 0.25) is 0 Å². The molecule has 1 heterocycles. The molecular formula is C10H10N4O. The molecular weight excluding hydrogens is 192 g/mol. The molecule has 5 heteroatoms. The number of aromatic amines is 1. The van der Waals surface area contributed by atoms with E-state index in [1.165, 1.54) is 0 Å². The van der Waals surface area contributed by atoms with Gasteiger partial charge in [0.15, 0.2) is 5.82 Å². The van der Waals surface area contributed by atoms with Gasteiger partial charge in [-0.3, -0.25) is 0 Å². The summed E-state index contributed by atoms with van der Waals surface area (Å²) in [5.41, 5.74) is 1.91. The van der Waals surface area contributed by atoms with Crippen LogP contribution in [0.5, 0.6) is 0 Å². The van der Waals surface area contributed by atoms with Crippen molar-refractivity contribution in [3.63, 3.8) is 0 Å². The fraction of sp³-hybridized carbons (Fsp3) is 0.100. The molecule has 2 aromatic rings. The Morgan fingerprint density at radius 2 is 2.33 bits per heavy atom. The van der Waals surface area contributed by atoms with E-state index in [0.29, 0.717) is 5.82 Å². The highest BCUT2D eigenvalue weighted by Crippen LogP contribution is 2.15. The van der Waals surface area contributed by atoms with Crippen LogP contribution in [-0.2, 0) is 0 Å². The van der Waals surface area contributed by atoms with E-state index >= 15 is 0 Å². The summed E-state index contributed by atoms with van der Waals surface area (Å²) in [4.78, 5) is 0. The van der Waals surface area contributed by atoms with E-state index in [1.807, 2.05) is 30.3 Å². The van der Waals surface area contributed by atoms with E-state index in [2.05, 4.69) is 20.6 Å². The van der Waals surface area contributed by atoms with Crippen LogP contribution in [0.1, 0.15) is 5.56 Å². The Bertz CT molecular complexity index is 450. The Morgan fingerprint density at radius 3 is 3.07 bits per heavy atom. The normalized spacial score (nSPS) is 11.0. The van der Waals surface area contributed by atoms with Crippen molar-refractivity contribution < 1.29 is 5.11 Å². The van der Waals surface area contributed by atoms with Gasteiger partial charge in [-0.15, -0.1) is 5.10 Å². The lowest BCUT2D eigenvalue weighted by Crippen LogP contribution is -1.82. The third-order valence-corrected chi connectivity index (χ3v) is 1.92. The molecule has 0 radical (unpaired) electrons. The van der Waals surface area contributed by atoms with E-state index in [9.17, 15) is 0 Å². The highest BCUT2D eigenvalue weighted by Gasteiger charge is 2.00. The number of aromatic nitrogens is 4. The van der Waals surface area contributed by atoms with Crippen molar-refractivity contribution in [2.24, 2.45) is 0 Å². The first-order valence-electron chi connectivity index (χ1n) is 4.52. The lowest BCUT2D eigenvalue weighted by molar-refractivity contribution is 0.343. The molecule has 1 aromatic carbocycles. The van der Waals surface area contributed by atoms with Gasteiger partial charge in [-0.25, -0.2) is 5.10 Å². The fourth-order valence-corrected chi connectivity index (χ4v) is 1.26. The Kier molecular flexibility index (Phi) is 2.85. The zero-order valence-corrected chi connectivity index (χ0v) is 7.96. The minimum atomic E-state index is 0.0358. The van der Waals surface area contributed by atoms with Crippen LogP contribution in [0.2, 0.25) is 0 Å². The fourth-order valence-electron chi connectivity index (χ4n) is 1.26. The molecule has 15 heavy (non-hydrogen) atoms. The van der Waals surface area contributed by atoms with Gasteiger partial charge < -0.3 is 5.11 Å². The number of aliphatic hydroxyl groups excluding tert-OH is 1. The summed E-state index contributed by atoms with van der Waals surface area (Å²) in [5.74, 6) is 0.634. The van der Waals surface area contributed by atoms with Crippen LogP contribution in [0, 0.1) is 0 Å². The Morgan fingerprint density at radius 1 is 1.40 bits per heavy atom. The highest BCUT2D eigenvalue weighted by molar-refractivity contribution is 5.61. The van der Waals surface area contributed by atoms with Crippen molar-refractivity contribution in [1.82, 2.24) is 20.6 Å². The minimum Gasteiger partial charge on any atom is -0.392 e. The van der Waals surface area contributed by atoms with E-state index in [0.717, 1.165) is 11.1 Å². The van der Waals surface area contributed by atoms with Crippen LogP contribution in [0.15, 0.2) is 30.3 Å². The van der Waals surface area contributed by atoms with Gasteiger partial charge in [-0.2, -0.15) is 0 Å². The molecule has 0 aliphatic rings. The maximum absolute atomic E-state index is 8.66. The summed E-state index contributed by atoms with van der Waals surface area (Å²) in [6.07, 6.45) is 3.52. The second-order valence-corrected chi connectivity index (χ2v) is 2.96. The van der Waals surface area contributed by atoms with Gasteiger partial charge >= 0.3 is 0 Å². The molecule has 2 rings (SSSR count). The molecule has 0 bridgehead atoms. The largest absolute Gasteiger partial charge is 0.392 e. The number of tetrazole rings is 1. The molecule has 0 saturated carbocycles. The number of hydrogen-bond donors (Lipinski definition) is 2. The van der Waals surface area contributed by atoms with Gasteiger partial charge in [0.05, 0.1) is 6.61 Å². The van der Waals surface area contributed by atoms with Crippen LogP contribution in [0.25, 0.3) is 17.5 Å². The first-order valence-corrected chi connectivity index (χ1v) is 4.52. The van der Waals surface area contributed by atoms with Crippen molar-refractivity contribution >= 4 is 6.08 Å². The second-order valence-electron chi connectivity index (χ2n) is 2.96. The lowest BCUT2D eigenvalue weighted by Gasteiger charge is -1.97. The topological polar surface area (TPSA) is 74.7 Å². The first kappa shape index (κ1) is 9.54. The third kappa shape index (κ3) is 2.26. The van der Waals surface area contributed by atoms with E-state index in [4.69, 9.17) is 5.11 Å². The van der Waals surface area contributed by atoms with Crippen molar-refractivity contribution in [1.29, 1.82) is 0 Å². The number of nitrogens with zero attached hydrogens (tertiary/aromatic N) is 3. The molecule has 0 unspecified atom stereocenters. The SMILES string of the molecule is OCC=Cc1cccc(-c2nnn[nH]2)c1. The standard InChI is InChI=1S/C10H10N4O/c15-6-2-4-8-3-1-5-9(7-8)10-11-13-14-12-10/h1-5,7,15H,6H2,(H,11,12,13,14). The average Bonchev–Trinajstić information content (AvgIpc) is 2.80. The minimum absolute atomic E-state index is 0.0358. The maximum atomic E-state index is 8.66. The number of hydrogen-bond acceptors (Lipinski definition) is 4. The average molecular weight is 202 g/mol. The summed E-state index contributed by atoms with van der Waals surface area (Å²) in [7, 11) is 0. The maximum Gasteiger partial charge on any atom is 0.179 e. The van der Waals surface area contributed by atoms with Gasteiger partial charge in [0.25, 0.3) is 0 Å². The molecule has 0 aliphatic heterocycles. The summed E-state index contributed by atoms with van der Waals surface area (Å²) in [6, 6.07) is 7.71. The number of nitrogens with one attached hydrogen (secondary N) is 1. The molecule has 2 N–H and O–H groups in total. The monoisotopic (exact) mass is 202 g/mol. The number of rotatable bonds is 3. The molecule has 0 fully saturated rings. The molecule has 0 atom stereocenters. The molecule has 5 nitrogen and oxygen atoms in total. The Balaban J connectivity index is 2.31. The summed E-state index contributed by atoms with van der Waals surface area (Å²) < 4.78 is 0. The third-order valence-electron chi connectivity index (χ3n) is 1.92. The molecule has 0 saturated heterocycles. The zero-order valence-electron chi connectivity index (χ0n) is 7.96. The molecule has 0 spiro atoms. The van der Waals surface area contributed by atoms with Crippen LogP contribution in [0.3, 0.4) is 0 Å². The highest BCUT2D eigenvalue weighted by atomic mass is 16.2. The predicted octanol–water partition coefficient (Wildman–Crippen LogP) is 0.872. The smallest absolute Gasteiger partial charge is 0.179 e. The van der Waals surface area contributed by atoms with Crippen LogP contribution >= 0.6 is 0 Å². The molecule has 1 aromatic heterocycles. The van der Waals surface area contributed by atoms with Crippen LogP contribution in [-0.4, -0.2) is 32.3 Å². The molecule has 76 valence electrons. The Hall–Kier alpha value is -2.01. The number of benzene rings is 1. The summed E-state index contributed by atoms with van der Waals surface area (Å²) >= 11 is 0. The molecule has 0 amide bonds. The molecule has 0 aliphatic carbocycles. The van der Waals surface area contributed by atoms with Crippen molar-refractivity contribution in [2.45, 2.75) is 0 Å². The van der Waals surface area contributed by atoms with Crippen molar-refractivity contribution in [2.75, 3.05) is 6.61 Å². The Labute approximate surface area is 86.5 Å². The van der Waals surface area contributed by atoms with E-state index in [-0.39, 0.29) is 6.61 Å². The van der Waals surface area contributed by atoms with Gasteiger partial charge in [-0.1, -0.05) is 30.4 Å². The second kappa shape index (κ2) is 4.47. The van der Waals surface area contributed by atoms with Crippen LogP contribution < -0.4 is 0 Å². The van der Waals surface area contributed by atoms with Crippen LogP contribution in [0.4, 0.5) is 0 Å². The quantitative estimate of drug-likeness (QED) is 0.774. The summed E-state index contributed by atoms with van der Waals surface area (Å²) in [6.45, 7) is 0.0358. The van der Waals surface area contributed by atoms with E-state index < -0.39 is 0 Å². The first-order chi connectivity index (χ1) is 7.40. The van der Waals surface area contributed by atoms with Crippen molar-refractivity contribution in [3.05, 3.63) is 35.9 Å².